The molecule has 78 valence electrons. The van der Waals surface area contributed by atoms with Crippen LogP contribution in [0, 0.1) is 0 Å². The van der Waals surface area contributed by atoms with Gasteiger partial charge in [-0.2, -0.15) is 0 Å². The van der Waals surface area contributed by atoms with Crippen LogP contribution in [0.25, 0.3) is 0 Å². The molecule has 0 fully saturated rings. The number of esters is 1. The van der Waals surface area contributed by atoms with E-state index in [9.17, 15) is 4.79 Å². The van der Waals surface area contributed by atoms with E-state index in [1.807, 2.05) is 0 Å². The van der Waals surface area contributed by atoms with Gasteiger partial charge in [-0.15, -0.1) is 0 Å². The molecule has 0 amide bonds. The van der Waals surface area contributed by atoms with Crippen LogP contribution in [0.15, 0.2) is 12.4 Å². The third-order valence-electron chi connectivity index (χ3n) is 1.22. The molecule has 1 rings (SSSR count). The molecule has 0 aliphatic rings. The minimum absolute atomic E-state index is 0.0563. The van der Waals surface area contributed by atoms with Gasteiger partial charge in [0.05, 0.1) is 0 Å². The summed E-state index contributed by atoms with van der Waals surface area (Å²) >= 11 is 16.1. The highest BCUT2D eigenvalue weighted by molar-refractivity contribution is 6.67. The predicted octanol–water partition coefficient (Wildman–Crippen LogP) is 1.12. The Labute approximate surface area is 94.7 Å². The number of alkyl halides is 3. The number of nitrogens with zero attached hydrogens (tertiary/aromatic N) is 2. The van der Waals surface area contributed by atoms with Gasteiger partial charge in [0.25, 0.3) is 0 Å². The molecular weight excluding hydrogens is 252 g/mol. The van der Waals surface area contributed by atoms with Crippen LogP contribution in [0.1, 0.15) is 10.6 Å². The number of rotatable bonds is 2. The monoisotopic (exact) mass is 257 g/mol. The van der Waals surface area contributed by atoms with Gasteiger partial charge in [-0.3, -0.25) is 0 Å². The van der Waals surface area contributed by atoms with Crippen molar-refractivity contribution in [2.75, 3.05) is 12.4 Å². The van der Waals surface area contributed by atoms with Gasteiger partial charge in [-0.05, 0) is 0 Å². The van der Waals surface area contributed by atoms with E-state index < -0.39 is 9.76 Å². The van der Waals surface area contributed by atoms with Crippen molar-refractivity contribution in [1.29, 1.82) is 0 Å². The Morgan fingerprint density at radius 1 is 1.64 bits per heavy atom. The lowest BCUT2D eigenvalue weighted by Crippen LogP contribution is -2.22. The molecule has 0 spiro atoms. The van der Waals surface area contributed by atoms with Crippen LogP contribution in [0.2, 0.25) is 0 Å². The SMILES string of the molecule is Nn1ccnc1C(=O)OCC(Cl)(Cl)Cl. The summed E-state index contributed by atoms with van der Waals surface area (Å²) in [5.74, 6) is 4.53. The van der Waals surface area contributed by atoms with E-state index in [4.69, 9.17) is 40.6 Å². The minimum Gasteiger partial charge on any atom is -0.455 e. The van der Waals surface area contributed by atoms with Crippen LogP contribution in [0.3, 0.4) is 0 Å². The molecule has 0 bridgehead atoms. The summed E-state index contributed by atoms with van der Waals surface area (Å²) in [7, 11) is 0. The van der Waals surface area contributed by atoms with Gasteiger partial charge in [0.2, 0.25) is 9.62 Å². The quantitative estimate of drug-likeness (QED) is 0.490. The molecule has 1 aromatic heterocycles. The van der Waals surface area contributed by atoms with Gasteiger partial charge in [0.1, 0.15) is 6.61 Å². The second kappa shape index (κ2) is 4.25. The number of hydrogen-bond acceptors (Lipinski definition) is 4. The molecule has 0 atom stereocenters. The first-order valence-electron chi connectivity index (χ1n) is 3.42. The zero-order valence-electron chi connectivity index (χ0n) is 6.78. The van der Waals surface area contributed by atoms with E-state index in [0.717, 1.165) is 4.68 Å². The Morgan fingerprint density at radius 3 is 2.71 bits per heavy atom. The number of nitrogens with two attached hydrogens (primary N) is 1. The molecule has 0 saturated heterocycles. The Morgan fingerprint density at radius 2 is 2.29 bits per heavy atom. The maximum absolute atomic E-state index is 11.2. The molecule has 1 aromatic rings. The Bertz CT molecular complexity index is 333. The van der Waals surface area contributed by atoms with E-state index >= 15 is 0 Å². The summed E-state index contributed by atoms with van der Waals surface area (Å²) in [4.78, 5) is 14.9. The van der Waals surface area contributed by atoms with E-state index in [1.54, 1.807) is 0 Å². The number of carbonyl (C=O) groups excluding carboxylic acids is 1. The molecule has 8 heteroatoms. The van der Waals surface area contributed by atoms with Crippen LogP contribution in [-0.2, 0) is 4.74 Å². The smallest absolute Gasteiger partial charge is 0.376 e. The molecular formula is C6H6Cl3N3O2. The third-order valence-corrected chi connectivity index (χ3v) is 1.55. The normalized spacial score (nSPS) is 11.4. The lowest BCUT2D eigenvalue weighted by molar-refractivity contribution is 0.0494. The number of carbonyl (C=O) groups is 1. The van der Waals surface area contributed by atoms with Crippen LogP contribution >= 0.6 is 34.8 Å². The third kappa shape index (κ3) is 3.25. The summed E-state index contributed by atoms with van der Waals surface area (Å²) in [5, 5.41) is 0. The number of aromatic nitrogens is 2. The van der Waals surface area contributed by atoms with Crippen molar-refractivity contribution in [3.8, 4) is 0 Å². The summed E-state index contributed by atoms with van der Waals surface area (Å²) in [6, 6.07) is 0. The molecule has 1 heterocycles. The average molecular weight is 258 g/mol. The van der Waals surface area contributed by atoms with Crippen molar-refractivity contribution in [2.45, 2.75) is 3.79 Å². The van der Waals surface area contributed by atoms with E-state index in [2.05, 4.69) is 9.72 Å². The number of halogens is 3. The van der Waals surface area contributed by atoms with Crippen LogP contribution in [-0.4, -0.2) is 26.0 Å². The molecule has 14 heavy (non-hydrogen) atoms. The summed E-state index contributed by atoms with van der Waals surface area (Å²) in [6.07, 6.45) is 2.75. The molecule has 0 aromatic carbocycles. The Balaban J connectivity index is 2.56. The second-order valence-electron chi connectivity index (χ2n) is 2.35. The fraction of sp³-hybridized carbons (Fsp3) is 0.333. The maximum atomic E-state index is 11.2. The molecule has 0 unspecified atom stereocenters. The van der Waals surface area contributed by atoms with Gasteiger partial charge >= 0.3 is 5.97 Å². The average Bonchev–Trinajstić information content (AvgIpc) is 2.46. The summed E-state index contributed by atoms with van der Waals surface area (Å²) in [6.45, 7) is -0.358. The highest BCUT2D eigenvalue weighted by Gasteiger charge is 2.23. The van der Waals surface area contributed by atoms with Gasteiger partial charge in [-0.25, -0.2) is 14.5 Å². The molecule has 0 aliphatic carbocycles. The van der Waals surface area contributed by atoms with Crippen LogP contribution < -0.4 is 5.84 Å². The first kappa shape index (κ1) is 11.4. The van der Waals surface area contributed by atoms with Crippen LogP contribution in [0.4, 0.5) is 0 Å². The zero-order chi connectivity index (χ0) is 10.8. The molecule has 5 nitrogen and oxygen atoms in total. The van der Waals surface area contributed by atoms with E-state index in [0.29, 0.717) is 0 Å². The zero-order valence-corrected chi connectivity index (χ0v) is 9.05. The summed E-state index contributed by atoms with van der Waals surface area (Å²) < 4.78 is 4.01. The largest absolute Gasteiger partial charge is 0.455 e. The van der Waals surface area contributed by atoms with Gasteiger partial charge < -0.3 is 10.6 Å². The number of hydrogen-bond donors (Lipinski definition) is 1. The molecule has 0 radical (unpaired) electrons. The summed E-state index contributed by atoms with van der Waals surface area (Å²) in [5.41, 5.74) is 0. The highest BCUT2D eigenvalue weighted by Crippen LogP contribution is 2.26. The molecule has 2 N–H and O–H groups in total. The van der Waals surface area contributed by atoms with Gasteiger partial charge in [0.15, 0.2) is 0 Å². The first-order valence-corrected chi connectivity index (χ1v) is 4.56. The van der Waals surface area contributed by atoms with Crippen molar-refractivity contribution in [3.63, 3.8) is 0 Å². The Kier molecular flexibility index (Phi) is 3.47. The second-order valence-corrected chi connectivity index (χ2v) is 4.87. The molecule has 0 aliphatic heterocycles. The van der Waals surface area contributed by atoms with Crippen LogP contribution in [0.5, 0.6) is 0 Å². The number of nitrogen functional groups attached to an aromatic ring is 1. The van der Waals surface area contributed by atoms with Crippen molar-refractivity contribution >= 4 is 40.8 Å². The van der Waals surface area contributed by atoms with Crippen molar-refractivity contribution in [3.05, 3.63) is 18.2 Å². The Hall–Kier alpha value is -0.650. The van der Waals surface area contributed by atoms with Gasteiger partial charge in [-0.1, -0.05) is 34.8 Å². The maximum Gasteiger partial charge on any atom is 0.376 e. The van der Waals surface area contributed by atoms with Gasteiger partial charge in [0, 0.05) is 12.4 Å². The fourth-order valence-electron chi connectivity index (χ4n) is 0.683. The topological polar surface area (TPSA) is 70.1 Å². The molecule has 0 saturated carbocycles. The van der Waals surface area contributed by atoms with E-state index in [-0.39, 0.29) is 12.4 Å². The van der Waals surface area contributed by atoms with Crippen molar-refractivity contribution in [1.82, 2.24) is 9.66 Å². The van der Waals surface area contributed by atoms with Crippen molar-refractivity contribution < 1.29 is 9.53 Å². The number of ether oxygens (including phenoxy) is 1. The highest BCUT2D eigenvalue weighted by atomic mass is 35.6. The standard InChI is InChI=1S/C6H6Cl3N3O2/c7-6(8,9)3-14-5(13)4-11-1-2-12(4)10/h1-2H,3,10H2. The lowest BCUT2D eigenvalue weighted by Gasteiger charge is -2.10. The minimum atomic E-state index is -1.64. The van der Waals surface area contributed by atoms with E-state index in [1.165, 1.54) is 12.4 Å². The lowest BCUT2D eigenvalue weighted by atomic mass is 10.6. The van der Waals surface area contributed by atoms with Crippen molar-refractivity contribution in [2.24, 2.45) is 0 Å². The first-order chi connectivity index (χ1) is 6.40. The predicted molar refractivity (Wildman–Crippen MR) is 52.9 cm³/mol. The number of imidazole rings is 1. The fourth-order valence-corrected chi connectivity index (χ4v) is 0.847.